The molecule has 0 saturated heterocycles. The number of nitrogens with one attached hydrogen (secondary N) is 1. The van der Waals surface area contributed by atoms with E-state index in [1.165, 1.54) is 0 Å². The number of carbonyl (C=O) groups is 1. The van der Waals surface area contributed by atoms with Crippen molar-refractivity contribution in [3.05, 3.63) is 18.0 Å². The maximum absolute atomic E-state index is 11.7. The molecule has 0 fully saturated rings. The first-order valence-corrected chi connectivity index (χ1v) is 6.29. The normalized spacial score (nSPS) is 13.4. The molecule has 0 aliphatic heterocycles. The number of aromatic nitrogens is 2. The second-order valence-electron chi connectivity index (χ2n) is 5.80. The Labute approximate surface area is 109 Å². The molecule has 0 bridgehead atoms. The lowest BCUT2D eigenvalue weighted by molar-refractivity contribution is -0.121. The van der Waals surface area contributed by atoms with E-state index in [0.717, 1.165) is 12.0 Å². The zero-order chi connectivity index (χ0) is 13.8. The zero-order valence-electron chi connectivity index (χ0n) is 11.7. The fourth-order valence-electron chi connectivity index (χ4n) is 1.53. The smallest absolute Gasteiger partial charge is 0.221 e. The van der Waals surface area contributed by atoms with Crippen LogP contribution in [0.15, 0.2) is 12.4 Å². The molecule has 1 rings (SSSR count). The molecule has 0 radical (unpaired) electrons. The van der Waals surface area contributed by atoms with Gasteiger partial charge in [-0.3, -0.25) is 9.48 Å². The Balaban J connectivity index is 2.25. The van der Waals surface area contributed by atoms with Gasteiger partial charge in [0.1, 0.15) is 0 Å². The van der Waals surface area contributed by atoms with Crippen molar-refractivity contribution in [2.45, 2.75) is 39.7 Å². The summed E-state index contributed by atoms with van der Waals surface area (Å²) in [6.07, 6.45) is 4.93. The van der Waals surface area contributed by atoms with Gasteiger partial charge in [0.05, 0.1) is 6.20 Å². The Morgan fingerprint density at radius 2 is 2.22 bits per heavy atom. The highest BCUT2D eigenvalue weighted by Gasteiger charge is 2.22. The molecule has 1 atom stereocenters. The summed E-state index contributed by atoms with van der Waals surface area (Å²) in [6.45, 7) is 6.75. The van der Waals surface area contributed by atoms with Gasteiger partial charge < -0.3 is 11.1 Å². The minimum atomic E-state index is -0.115. The van der Waals surface area contributed by atoms with Crippen LogP contribution in [0, 0.1) is 5.41 Å². The SMILES string of the molecule is Cn1cc(CCNC(=O)CC(N)C(C)(C)C)cn1. The number of hydrogen-bond donors (Lipinski definition) is 2. The molecule has 5 nitrogen and oxygen atoms in total. The number of nitrogens with zero attached hydrogens (tertiary/aromatic N) is 2. The van der Waals surface area contributed by atoms with E-state index >= 15 is 0 Å². The van der Waals surface area contributed by atoms with Gasteiger partial charge in [0.25, 0.3) is 0 Å². The molecule has 3 N–H and O–H groups in total. The van der Waals surface area contributed by atoms with Crippen LogP contribution < -0.4 is 11.1 Å². The van der Waals surface area contributed by atoms with E-state index in [4.69, 9.17) is 5.73 Å². The topological polar surface area (TPSA) is 72.9 Å². The summed E-state index contributed by atoms with van der Waals surface area (Å²) >= 11 is 0. The summed E-state index contributed by atoms with van der Waals surface area (Å²) in [5, 5.41) is 6.97. The zero-order valence-corrected chi connectivity index (χ0v) is 11.7. The van der Waals surface area contributed by atoms with Crippen molar-refractivity contribution in [2.24, 2.45) is 18.2 Å². The van der Waals surface area contributed by atoms with Gasteiger partial charge in [0.15, 0.2) is 0 Å². The largest absolute Gasteiger partial charge is 0.356 e. The van der Waals surface area contributed by atoms with Gasteiger partial charge in [-0.2, -0.15) is 5.10 Å². The van der Waals surface area contributed by atoms with Crippen molar-refractivity contribution in [2.75, 3.05) is 6.54 Å². The highest BCUT2D eigenvalue weighted by molar-refractivity contribution is 5.76. The molecular formula is C13H24N4O. The summed E-state index contributed by atoms with van der Waals surface area (Å²) in [6, 6.07) is -0.115. The second-order valence-corrected chi connectivity index (χ2v) is 5.80. The quantitative estimate of drug-likeness (QED) is 0.815. The molecule has 102 valence electrons. The maximum Gasteiger partial charge on any atom is 0.221 e. The van der Waals surface area contributed by atoms with Crippen molar-refractivity contribution in [3.63, 3.8) is 0 Å². The number of aryl methyl sites for hydroxylation is 1. The van der Waals surface area contributed by atoms with Gasteiger partial charge >= 0.3 is 0 Å². The van der Waals surface area contributed by atoms with Crippen molar-refractivity contribution in [1.82, 2.24) is 15.1 Å². The standard InChI is InChI=1S/C13H24N4O/c1-13(2,3)11(14)7-12(18)15-6-5-10-8-16-17(4)9-10/h8-9,11H,5-7,14H2,1-4H3,(H,15,18). The number of rotatable bonds is 5. The Kier molecular flexibility index (Phi) is 4.90. The molecule has 1 heterocycles. The van der Waals surface area contributed by atoms with Crippen molar-refractivity contribution in [1.29, 1.82) is 0 Å². The van der Waals surface area contributed by atoms with E-state index in [2.05, 4.69) is 10.4 Å². The molecule has 18 heavy (non-hydrogen) atoms. The Morgan fingerprint density at radius 3 is 2.72 bits per heavy atom. The van der Waals surface area contributed by atoms with Crippen molar-refractivity contribution >= 4 is 5.91 Å². The van der Waals surface area contributed by atoms with Crippen molar-refractivity contribution < 1.29 is 4.79 Å². The number of amides is 1. The minimum Gasteiger partial charge on any atom is -0.356 e. The van der Waals surface area contributed by atoms with E-state index in [1.807, 2.05) is 40.2 Å². The first-order chi connectivity index (χ1) is 8.29. The molecule has 5 heteroatoms. The third kappa shape index (κ3) is 4.87. The van der Waals surface area contributed by atoms with Crippen LogP contribution in [0.5, 0.6) is 0 Å². The Morgan fingerprint density at radius 1 is 1.56 bits per heavy atom. The van der Waals surface area contributed by atoms with Crippen LogP contribution in [-0.2, 0) is 18.3 Å². The summed E-state index contributed by atoms with van der Waals surface area (Å²) < 4.78 is 1.76. The second kappa shape index (κ2) is 6.00. The number of nitrogens with two attached hydrogens (primary N) is 1. The van der Waals surface area contributed by atoms with Crippen LogP contribution in [0.4, 0.5) is 0 Å². The fraction of sp³-hybridized carbons (Fsp3) is 0.692. The summed E-state index contributed by atoms with van der Waals surface area (Å²) in [4.78, 5) is 11.7. The highest BCUT2D eigenvalue weighted by Crippen LogP contribution is 2.19. The lowest BCUT2D eigenvalue weighted by atomic mass is 9.85. The van der Waals surface area contributed by atoms with Crippen LogP contribution in [0.1, 0.15) is 32.8 Å². The molecule has 0 saturated carbocycles. The average molecular weight is 252 g/mol. The Hall–Kier alpha value is -1.36. The average Bonchev–Trinajstić information content (AvgIpc) is 2.62. The van der Waals surface area contributed by atoms with Gasteiger partial charge in [-0.25, -0.2) is 0 Å². The first-order valence-electron chi connectivity index (χ1n) is 6.29. The third-order valence-electron chi connectivity index (χ3n) is 3.01. The molecule has 1 aromatic heterocycles. The molecule has 0 spiro atoms. The summed E-state index contributed by atoms with van der Waals surface area (Å²) in [5.41, 5.74) is 7.05. The van der Waals surface area contributed by atoms with Crippen LogP contribution in [0.3, 0.4) is 0 Å². The van der Waals surface area contributed by atoms with E-state index in [9.17, 15) is 4.79 Å². The van der Waals surface area contributed by atoms with Gasteiger partial charge in [0, 0.05) is 32.3 Å². The van der Waals surface area contributed by atoms with Gasteiger partial charge in [-0.05, 0) is 17.4 Å². The lowest BCUT2D eigenvalue weighted by Gasteiger charge is -2.26. The van der Waals surface area contributed by atoms with Crippen molar-refractivity contribution in [3.8, 4) is 0 Å². The van der Waals surface area contributed by atoms with E-state index < -0.39 is 0 Å². The highest BCUT2D eigenvalue weighted by atomic mass is 16.1. The molecule has 1 amide bonds. The molecule has 0 aromatic carbocycles. The maximum atomic E-state index is 11.7. The van der Waals surface area contributed by atoms with E-state index in [-0.39, 0.29) is 17.4 Å². The van der Waals surface area contributed by atoms with Crippen LogP contribution in [0.25, 0.3) is 0 Å². The summed E-state index contributed by atoms with van der Waals surface area (Å²) in [5.74, 6) is 0.0151. The molecule has 1 aromatic rings. The predicted molar refractivity (Wildman–Crippen MR) is 72.0 cm³/mol. The predicted octanol–water partition coefficient (Wildman–Crippen LogP) is 0.842. The van der Waals surface area contributed by atoms with Gasteiger partial charge in [-0.1, -0.05) is 20.8 Å². The molecule has 1 unspecified atom stereocenters. The van der Waals surface area contributed by atoms with Crippen LogP contribution >= 0.6 is 0 Å². The lowest BCUT2D eigenvalue weighted by Crippen LogP contribution is -2.40. The molecular weight excluding hydrogens is 228 g/mol. The number of hydrogen-bond acceptors (Lipinski definition) is 3. The van der Waals surface area contributed by atoms with E-state index in [0.29, 0.717) is 13.0 Å². The monoisotopic (exact) mass is 252 g/mol. The summed E-state index contributed by atoms with van der Waals surface area (Å²) in [7, 11) is 1.88. The van der Waals surface area contributed by atoms with Crippen LogP contribution in [0.2, 0.25) is 0 Å². The molecule has 0 aliphatic rings. The molecule has 0 aliphatic carbocycles. The first kappa shape index (κ1) is 14.7. The van der Waals surface area contributed by atoms with E-state index in [1.54, 1.807) is 4.68 Å². The fourth-order valence-corrected chi connectivity index (χ4v) is 1.53. The third-order valence-corrected chi connectivity index (χ3v) is 3.01. The Bertz CT molecular complexity index is 392. The van der Waals surface area contributed by atoms with Gasteiger partial charge in [-0.15, -0.1) is 0 Å². The minimum absolute atomic E-state index is 0.0151. The van der Waals surface area contributed by atoms with Crippen LogP contribution in [-0.4, -0.2) is 28.3 Å². The van der Waals surface area contributed by atoms with Gasteiger partial charge in [0.2, 0.25) is 5.91 Å². The number of carbonyl (C=O) groups excluding carboxylic acids is 1.